The summed E-state index contributed by atoms with van der Waals surface area (Å²) >= 11 is 0. The minimum absolute atomic E-state index is 0.472. The number of hydrogen-bond donors (Lipinski definition) is 1. The van der Waals surface area contributed by atoms with E-state index in [1.165, 1.54) is 12.0 Å². The van der Waals surface area contributed by atoms with Crippen LogP contribution in [0.25, 0.3) is 10.9 Å². The van der Waals surface area contributed by atoms with Crippen LogP contribution < -0.4 is 11.4 Å². The first-order valence-corrected chi connectivity index (χ1v) is 5.43. The second kappa shape index (κ2) is 3.33. The fourth-order valence-corrected chi connectivity index (χ4v) is 2.41. The van der Waals surface area contributed by atoms with Crippen molar-refractivity contribution in [2.45, 2.75) is 25.7 Å². The highest BCUT2D eigenvalue weighted by molar-refractivity contribution is 5.81. The van der Waals surface area contributed by atoms with E-state index in [-0.39, 0.29) is 0 Å². The Hall–Kier alpha value is -1.84. The molecule has 4 heteroatoms. The molecular formula is C12H11NO3. The van der Waals surface area contributed by atoms with E-state index in [1.807, 2.05) is 6.07 Å². The van der Waals surface area contributed by atoms with E-state index in [0.29, 0.717) is 10.9 Å². The molecule has 1 N–H and O–H groups in total. The number of nitrogens with one attached hydrogen (secondary N) is 1. The third-order valence-corrected chi connectivity index (χ3v) is 3.17. The van der Waals surface area contributed by atoms with Crippen molar-refractivity contribution in [3.63, 3.8) is 0 Å². The molecule has 3 rings (SSSR count). The Kier molecular flexibility index (Phi) is 1.96. The lowest BCUT2D eigenvalue weighted by Gasteiger charge is -2.16. The summed E-state index contributed by atoms with van der Waals surface area (Å²) in [7, 11) is 0. The molecule has 1 aromatic heterocycles. The third kappa shape index (κ3) is 1.30. The summed E-state index contributed by atoms with van der Waals surface area (Å²) in [5.74, 6) is -0.670. The molecule has 0 bridgehead atoms. The van der Waals surface area contributed by atoms with Gasteiger partial charge in [-0.05, 0) is 42.9 Å². The van der Waals surface area contributed by atoms with E-state index in [1.54, 1.807) is 6.07 Å². The monoisotopic (exact) mass is 217 g/mol. The highest BCUT2D eigenvalue weighted by atomic mass is 16.4. The zero-order valence-corrected chi connectivity index (χ0v) is 8.71. The Labute approximate surface area is 90.9 Å². The topological polar surface area (TPSA) is 63.1 Å². The normalized spacial score (nSPS) is 15.0. The molecule has 0 amide bonds. The molecule has 0 atom stereocenters. The standard InChI is InChI=1S/C12H11NO3/c14-11-9-6-5-7-3-1-2-4-8(7)10(9)13-12(15)16-11/h5-6H,1-4H2,(H,13,15). The summed E-state index contributed by atoms with van der Waals surface area (Å²) in [5, 5.41) is 0.472. The number of H-pyrrole nitrogens is 1. The van der Waals surface area contributed by atoms with Crippen LogP contribution in [0.2, 0.25) is 0 Å². The molecule has 1 aliphatic rings. The molecule has 16 heavy (non-hydrogen) atoms. The summed E-state index contributed by atoms with van der Waals surface area (Å²) in [5.41, 5.74) is 2.46. The van der Waals surface area contributed by atoms with Crippen molar-refractivity contribution in [1.29, 1.82) is 0 Å². The van der Waals surface area contributed by atoms with Gasteiger partial charge in [-0.25, -0.2) is 9.59 Å². The lowest BCUT2D eigenvalue weighted by molar-refractivity contribution is 0.459. The molecule has 0 fully saturated rings. The van der Waals surface area contributed by atoms with Gasteiger partial charge in [0.1, 0.15) is 0 Å². The Balaban J connectivity index is 2.47. The molecule has 0 unspecified atom stereocenters. The van der Waals surface area contributed by atoms with Gasteiger partial charge in [-0.3, -0.25) is 4.98 Å². The zero-order valence-electron chi connectivity index (χ0n) is 8.71. The maximum Gasteiger partial charge on any atom is 0.419 e. The number of aromatic nitrogens is 1. The fourth-order valence-electron chi connectivity index (χ4n) is 2.41. The van der Waals surface area contributed by atoms with E-state index in [2.05, 4.69) is 9.40 Å². The first kappa shape index (κ1) is 9.39. The molecule has 1 aromatic carbocycles. The summed E-state index contributed by atoms with van der Waals surface area (Å²) in [6.45, 7) is 0. The number of benzene rings is 1. The van der Waals surface area contributed by atoms with Crippen LogP contribution in [0.4, 0.5) is 0 Å². The quantitative estimate of drug-likeness (QED) is 0.724. The van der Waals surface area contributed by atoms with E-state index in [9.17, 15) is 9.59 Å². The van der Waals surface area contributed by atoms with E-state index in [4.69, 9.17) is 0 Å². The van der Waals surface area contributed by atoms with Crippen LogP contribution in [0.15, 0.2) is 26.1 Å². The molecule has 0 saturated heterocycles. The average Bonchev–Trinajstić information content (AvgIpc) is 2.28. The van der Waals surface area contributed by atoms with Crippen molar-refractivity contribution in [2.24, 2.45) is 0 Å². The van der Waals surface area contributed by atoms with E-state index < -0.39 is 11.4 Å². The Bertz CT molecular complexity index is 666. The SMILES string of the molecule is O=c1[nH]c2c3c(ccc2c(=O)o1)CCCC3. The minimum Gasteiger partial charge on any atom is -0.372 e. The lowest BCUT2D eigenvalue weighted by atomic mass is 9.90. The predicted octanol–water partition coefficient (Wildman–Crippen LogP) is 1.36. The van der Waals surface area contributed by atoms with Crippen LogP contribution in [0.1, 0.15) is 24.0 Å². The Morgan fingerprint density at radius 2 is 1.94 bits per heavy atom. The van der Waals surface area contributed by atoms with E-state index in [0.717, 1.165) is 24.8 Å². The highest BCUT2D eigenvalue weighted by Gasteiger charge is 2.14. The van der Waals surface area contributed by atoms with Crippen LogP contribution in [0.5, 0.6) is 0 Å². The van der Waals surface area contributed by atoms with Gasteiger partial charge in [-0.1, -0.05) is 6.07 Å². The van der Waals surface area contributed by atoms with Crippen molar-refractivity contribution in [2.75, 3.05) is 0 Å². The van der Waals surface area contributed by atoms with E-state index >= 15 is 0 Å². The maximum atomic E-state index is 11.5. The van der Waals surface area contributed by atoms with Crippen molar-refractivity contribution in [1.82, 2.24) is 4.98 Å². The van der Waals surface area contributed by atoms with Gasteiger partial charge in [-0.2, -0.15) is 0 Å². The number of aromatic amines is 1. The maximum absolute atomic E-state index is 11.5. The van der Waals surface area contributed by atoms with Gasteiger partial charge in [-0.15, -0.1) is 0 Å². The van der Waals surface area contributed by atoms with Crippen LogP contribution in [-0.4, -0.2) is 4.98 Å². The second-order valence-electron chi connectivity index (χ2n) is 4.13. The summed E-state index contributed by atoms with van der Waals surface area (Å²) in [4.78, 5) is 25.3. The van der Waals surface area contributed by atoms with Crippen LogP contribution in [-0.2, 0) is 12.8 Å². The van der Waals surface area contributed by atoms with Gasteiger partial charge in [0, 0.05) is 0 Å². The Morgan fingerprint density at radius 3 is 2.81 bits per heavy atom. The summed E-state index contributed by atoms with van der Waals surface area (Å²) in [6.07, 6.45) is 4.22. The van der Waals surface area contributed by atoms with Crippen molar-refractivity contribution < 1.29 is 4.42 Å². The first-order chi connectivity index (χ1) is 7.75. The molecule has 0 aliphatic heterocycles. The van der Waals surface area contributed by atoms with Crippen molar-refractivity contribution in [3.05, 3.63) is 44.2 Å². The molecule has 0 spiro atoms. The lowest BCUT2D eigenvalue weighted by Crippen LogP contribution is -2.17. The summed E-state index contributed by atoms with van der Waals surface area (Å²) in [6, 6.07) is 3.70. The van der Waals surface area contributed by atoms with Gasteiger partial charge < -0.3 is 4.42 Å². The summed E-state index contributed by atoms with van der Waals surface area (Å²) < 4.78 is 4.51. The van der Waals surface area contributed by atoms with Crippen LogP contribution in [0, 0.1) is 0 Å². The zero-order chi connectivity index (χ0) is 11.1. The van der Waals surface area contributed by atoms with Crippen molar-refractivity contribution >= 4 is 10.9 Å². The molecule has 82 valence electrons. The number of fused-ring (bicyclic) bond motifs is 3. The Morgan fingerprint density at radius 1 is 1.12 bits per heavy atom. The average molecular weight is 217 g/mol. The highest BCUT2D eigenvalue weighted by Crippen LogP contribution is 2.25. The first-order valence-electron chi connectivity index (χ1n) is 5.43. The van der Waals surface area contributed by atoms with Crippen LogP contribution >= 0.6 is 0 Å². The number of aryl methyl sites for hydroxylation is 2. The largest absolute Gasteiger partial charge is 0.419 e. The van der Waals surface area contributed by atoms with Gasteiger partial charge >= 0.3 is 11.4 Å². The molecule has 0 saturated carbocycles. The molecule has 1 heterocycles. The molecular weight excluding hydrogens is 206 g/mol. The minimum atomic E-state index is -0.670. The van der Waals surface area contributed by atoms with Gasteiger partial charge in [0.05, 0.1) is 10.9 Å². The molecule has 2 aromatic rings. The van der Waals surface area contributed by atoms with Crippen LogP contribution in [0.3, 0.4) is 0 Å². The third-order valence-electron chi connectivity index (χ3n) is 3.17. The van der Waals surface area contributed by atoms with Gasteiger partial charge in [0.2, 0.25) is 0 Å². The fraction of sp³-hybridized carbons (Fsp3) is 0.333. The molecule has 0 radical (unpaired) electrons. The predicted molar refractivity (Wildman–Crippen MR) is 59.7 cm³/mol. The smallest absolute Gasteiger partial charge is 0.372 e. The molecule has 1 aliphatic carbocycles. The number of hydrogen-bond acceptors (Lipinski definition) is 3. The second-order valence-corrected chi connectivity index (χ2v) is 4.13. The van der Waals surface area contributed by atoms with Gasteiger partial charge in [0.15, 0.2) is 0 Å². The van der Waals surface area contributed by atoms with Crippen molar-refractivity contribution in [3.8, 4) is 0 Å². The van der Waals surface area contributed by atoms with Gasteiger partial charge in [0.25, 0.3) is 0 Å². The molecule has 4 nitrogen and oxygen atoms in total. The number of rotatable bonds is 0.